The van der Waals surface area contributed by atoms with E-state index < -0.39 is 0 Å². The molecule has 1 unspecified atom stereocenters. The predicted molar refractivity (Wildman–Crippen MR) is 62.8 cm³/mol. The zero-order valence-electron chi connectivity index (χ0n) is 9.31. The van der Waals surface area contributed by atoms with Crippen molar-refractivity contribution in [2.24, 2.45) is 0 Å². The Morgan fingerprint density at radius 3 is 3.19 bits per heavy atom. The number of benzene rings is 1. The Balaban J connectivity index is 2.12. The summed E-state index contributed by atoms with van der Waals surface area (Å²) in [5.74, 6) is 0.898. The second-order valence-electron chi connectivity index (χ2n) is 4.13. The molecule has 0 saturated carbocycles. The van der Waals surface area contributed by atoms with Crippen LogP contribution in [0.4, 0.5) is 0 Å². The van der Waals surface area contributed by atoms with Crippen LogP contribution in [-0.2, 0) is 0 Å². The standard InChI is InChI=1S/C12H15N3O/c1-16-12-4-2-3-11-10(12)8-14-15(11)9-5-6-13-7-9/h2-4,8-9,13H,5-7H2,1H3. The maximum absolute atomic E-state index is 5.33. The van der Waals surface area contributed by atoms with Crippen molar-refractivity contribution in [3.8, 4) is 5.75 Å². The lowest BCUT2D eigenvalue weighted by atomic mass is 10.2. The van der Waals surface area contributed by atoms with Crippen LogP contribution in [0.2, 0.25) is 0 Å². The largest absolute Gasteiger partial charge is 0.496 e. The molecule has 0 radical (unpaired) electrons. The highest BCUT2D eigenvalue weighted by atomic mass is 16.5. The van der Waals surface area contributed by atoms with Crippen LogP contribution in [0.3, 0.4) is 0 Å². The van der Waals surface area contributed by atoms with Crippen molar-refractivity contribution >= 4 is 10.9 Å². The average molecular weight is 217 g/mol. The van der Waals surface area contributed by atoms with Crippen molar-refractivity contribution in [1.29, 1.82) is 0 Å². The molecule has 0 bridgehead atoms. The minimum Gasteiger partial charge on any atom is -0.496 e. The van der Waals surface area contributed by atoms with E-state index in [1.807, 2.05) is 18.3 Å². The number of ether oxygens (including phenoxy) is 1. The van der Waals surface area contributed by atoms with Gasteiger partial charge in [-0.05, 0) is 25.1 Å². The molecule has 0 spiro atoms. The predicted octanol–water partition coefficient (Wildman–Crippen LogP) is 1.58. The van der Waals surface area contributed by atoms with Crippen LogP contribution in [0.25, 0.3) is 10.9 Å². The fourth-order valence-corrected chi connectivity index (χ4v) is 2.36. The third-order valence-corrected chi connectivity index (χ3v) is 3.20. The molecule has 4 heteroatoms. The smallest absolute Gasteiger partial charge is 0.129 e. The van der Waals surface area contributed by atoms with Gasteiger partial charge in [0.2, 0.25) is 0 Å². The van der Waals surface area contributed by atoms with E-state index in [1.54, 1.807) is 7.11 Å². The first kappa shape index (κ1) is 9.66. The topological polar surface area (TPSA) is 39.1 Å². The SMILES string of the molecule is COc1cccc2c1cnn2C1CCNC1. The molecule has 16 heavy (non-hydrogen) atoms. The van der Waals surface area contributed by atoms with Gasteiger partial charge in [0.25, 0.3) is 0 Å². The van der Waals surface area contributed by atoms with Crippen molar-refractivity contribution in [2.75, 3.05) is 20.2 Å². The third kappa shape index (κ3) is 1.38. The van der Waals surface area contributed by atoms with Gasteiger partial charge in [0.1, 0.15) is 5.75 Å². The number of fused-ring (bicyclic) bond motifs is 1. The summed E-state index contributed by atoms with van der Waals surface area (Å²) in [6, 6.07) is 6.57. The van der Waals surface area contributed by atoms with E-state index in [9.17, 15) is 0 Å². The van der Waals surface area contributed by atoms with Crippen molar-refractivity contribution in [1.82, 2.24) is 15.1 Å². The average Bonchev–Trinajstić information content (AvgIpc) is 2.96. The molecule has 3 rings (SSSR count). The molecule has 2 aromatic rings. The summed E-state index contributed by atoms with van der Waals surface area (Å²) in [6.07, 6.45) is 3.04. The van der Waals surface area contributed by atoms with Crippen LogP contribution in [0, 0.1) is 0 Å². The summed E-state index contributed by atoms with van der Waals surface area (Å²) < 4.78 is 7.44. The van der Waals surface area contributed by atoms with E-state index in [0.717, 1.165) is 36.2 Å². The maximum atomic E-state index is 5.33. The monoisotopic (exact) mass is 217 g/mol. The van der Waals surface area contributed by atoms with E-state index >= 15 is 0 Å². The number of nitrogens with one attached hydrogen (secondary N) is 1. The summed E-state index contributed by atoms with van der Waals surface area (Å²) >= 11 is 0. The van der Waals surface area contributed by atoms with Gasteiger partial charge in [-0.15, -0.1) is 0 Å². The van der Waals surface area contributed by atoms with Crippen molar-refractivity contribution in [3.63, 3.8) is 0 Å². The zero-order chi connectivity index (χ0) is 11.0. The van der Waals surface area contributed by atoms with Crippen molar-refractivity contribution in [3.05, 3.63) is 24.4 Å². The normalized spacial score (nSPS) is 20.4. The number of hydrogen-bond acceptors (Lipinski definition) is 3. The zero-order valence-corrected chi connectivity index (χ0v) is 9.31. The highest BCUT2D eigenvalue weighted by Gasteiger charge is 2.19. The summed E-state index contributed by atoms with van der Waals surface area (Å²) in [7, 11) is 1.70. The fourth-order valence-electron chi connectivity index (χ4n) is 2.36. The first-order valence-electron chi connectivity index (χ1n) is 5.61. The Hall–Kier alpha value is -1.55. The molecule has 1 saturated heterocycles. The van der Waals surface area contributed by atoms with E-state index in [2.05, 4.69) is 21.2 Å². The Morgan fingerprint density at radius 2 is 2.44 bits per heavy atom. The second kappa shape index (κ2) is 3.79. The Bertz CT molecular complexity index is 500. The van der Waals surface area contributed by atoms with E-state index in [0.29, 0.717) is 6.04 Å². The Kier molecular flexibility index (Phi) is 2.29. The van der Waals surface area contributed by atoms with Crippen LogP contribution in [-0.4, -0.2) is 30.0 Å². The van der Waals surface area contributed by atoms with Crippen LogP contribution >= 0.6 is 0 Å². The van der Waals surface area contributed by atoms with Crippen LogP contribution in [0.15, 0.2) is 24.4 Å². The van der Waals surface area contributed by atoms with Gasteiger partial charge in [-0.2, -0.15) is 5.10 Å². The van der Waals surface area contributed by atoms with E-state index in [-0.39, 0.29) is 0 Å². The summed E-state index contributed by atoms with van der Waals surface area (Å²) in [5.41, 5.74) is 1.16. The molecule has 1 N–H and O–H groups in total. The highest BCUT2D eigenvalue weighted by molar-refractivity contribution is 5.85. The highest BCUT2D eigenvalue weighted by Crippen LogP contribution is 2.28. The molecule has 1 atom stereocenters. The van der Waals surface area contributed by atoms with Crippen LogP contribution in [0.1, 0.15) is 12.5 Å². The molecule has 4 nitrogen and oxygen atoms in total. The van der Waals surface area contributed by atoms with Gasteiger partial charge in [-0.25, -0.2) is 0 Å². The number of nitrogens with zero attached hydrogens (tertiary/aromatic N) is 2. The van der Waals surface area contributed by atoms with Crippen LogP contribution in [0.5, 0.6) is 5.75 Å². The molecule has 1 aliphatic rings. The van der Waals surface area contributed by atoms with Crippen molar-refractivity contribution in [2.45, 2.75) is 12.5 Å². The molecule has 0 amide bonds. The Labute approximate surface area is 94.2 Å². The van der Waals surface area contributed by atoms with Crippen molar-refractivity contribution < 1.29 is 4.74 Å². The van der Waals surface area contributed by atoms with Crippen LogP contribution < -0.4 is 10.1 Å². The van der Waals surface area contributed by atoms with Gasteiger partial charge in [0.15, 0.2) is 0 Å². The Morgan fingerprint density at radius 1 is 1.50 bits per heavy atom. The third-order valence-electron chi connectivity index (χ3n) is 3.20. The number of hydrogen-bond donors (Lipinski definition) is 1. The molecular weight excluding hydrogens is 202 g/mol. The molecule has 1 aromatic heterocycles. The quantitative estimate of drug-likeness (QED) is 0.830. The molecule has 1 aromatic carbocycles. The van der Waals surface area contributed by atoms with E-state index in [4.69, 9.17) is 4.74 Å². The molecule has 2 heterocycles. The molecule has 1 fully saturated rings. The van der Waals surface area contributed by atoms with E-state index in [1.165, 1.54) is 0 Å². The second-order valence-corrected chi connectivity index (χ2v) is 4.13. The van der Waals surface area contributed by atoms with Gasteiger partial charge in [0, 0.05) is 6.54 Å². The van der Waals surface area contributed by atoms with Gasteiger partial charge in [-0.1, -0.05) is 6.07 Å². The lowest BCUT2D eigenvalue weighted by molar-refractivity contribution is 0.420. The first-order chi connectivity index (χ1) is 7.90. The molecular formula is C12H15N3O. The number of methoxy groups -OCH3 is 1. The number of aromatic nitrogens is 2. The van der Waals surface area contributed by atoms with Gasteiger partial charge < -0.3 is 10.1 Å². The summed E-state index contributed by atoms with van der Waals surface area (Å²) in [5, 5.41) is 8.94. The maximum Gasteiger partial charge on any atom is 0.129 e. The first-order valence-corrected chi connectivity index (χ1v) is 5.61. The summed E-state index contributed by atoms with van der Waals surface area (Å²) in [6.45, 7) is 2.09. The fraction of sp³-hybridized carbons (Fsp3) is 0.417. The molecule has 84 valence electrons. The van der Waals surface area contributed by atoms with Gasteiger partial charge >= 0.3 is 0 Å². The van der Waals surface area contributed by atoms with Gasteiger partial charge in [0.05, 0.1) is 30.3 Å². The minimum absolute atomic E-state index is 0.476. The lowest BCUT2D eigenvalue weighted by Gasteiger charge is -2.10. The summed E-state index contributed by atoms with van der Waals surface area (Å²) in [4.78, 5) is 0. The molecule has 1 aliphatic heterocycles. The lowest BCUT2D eigenvalue weighted by Crippen LogP contribution is -2.14. The number of rotatable bonds is 2. The molecule has 0 aliphatic carbocycles. The van der Waals surface area contributed by atoms with Gasteiger partial charge in [-0.3, -0.25) is 4.68 Å². The minimum atomic E-state index is 0.476.